The molecule has 0 unspecified atom stereocenters. The van der Waals surface area contributed by atoms with Crippen molar-refractivity contribution in [3.8, 4) is 11.5 Å². The summed E-state index contributed by atoms with van der Waals surface area (Å²) >= 11 is 4.91. The van der Waals surface area contributed by atoms with Gasteiger partial charge in [0.25, 0.3) is 0 Å². The minimum atomic E-state index is -0.214. The Labute approximate surface area is 157 Å². The van der Waals surface area contributed by atoms with Crippen molar-refractivity contribution >= 4 is 29.2 Å². The number of hydrogen-bond acceptors (Lipinski definition) is 5. The molecule has 2 aromatic carbocycles. The number of methoxy groups -OCH3 is 1. The van der Waals surface area contributed by atoms with Crippen molar-refractivity contribution in [2.45, 2.75) is 0 Å². The average molecular weight is 372 g/mol. The summed E-state index contributed by atoms with van der Waals surface area (Å²) in [6.07, 6.45) is 3.15. The zero-order chi connectivity index (χ0) is 18.8. The minimum absolute atomic E-state index is 0.214. The van der Waals surface area contributed by atoms with Gasteiger partial charge in [-0.05, 0) is 36.4 Å². The first-order valence-corrected chi connectivity index (χ1v) is 8.31. The highest BCUT2D eigenvalue weighted by atomic mass is 32.1. The number of carbonyl (C=O) groups excluding carboxylic acids is 1. The van der Waals surface area contributed by atoms with Crippen molar-refractivity contribution in [1.82, 2.24) is 10.8 Å². The summed E-state index contributed by atoms with van der Waals surface area (Å²) in [5.74, 6) is 1.14. The number of nitrogens with one attached hydrogen (secondary N) is 2. The van der Waals surface area contributed by atoms with Gasteiger partial charge in [-0.2, -0.15) is 0 Å². The second-order valence-corrected chi connectivity index (χ2v) is 5.59. The summed E-state index contributed by atoms with van der Waals surface area (Å²) in [5, 5.41) is 11.5. The van der Waals surface area contributed by atoms with Gasteiger partial charge in [-0.1, -0.05) is 30.4 Å². The summed E-state index contributed by atoms with van der Waals surface area (Å²) in [5.41, 5.74) is 3.44. The van der Waals surface area contributed by atoms with E-state index < -0.39 is 0 Å². The van der Waals surface area contributed by atoms with Gasteiger partial charge >= 0.3 is 0 Å². The molecule has 0 radical (unpaired) electrons. The normalized spacial score (nSPS) is 10.4. The van der Waals surface area contributed by atoms with E-state index in [4.69, 9.17) is 26.9 Å². The van der Waals surface area contributed by atoms with E-state index in [1.54, 1.807) is 37.5 Å². The lowest BCUT2D eigenvalue weighted by atomic mass is 10.2. The summed E-state index contributed by atoms with van der Waals surface area (Å²) < 4.78 is 10.8. The van der Waals surface area contributed by atoms with E-state index in [1.165, 1.54) is 6.08 Å². The molecular formula is C19H20N2O4S. The largest absolute Gasteiger partial charge is 0.496 e. The van der Waals surface area contributed by atoms with Crippen LogP contribution in [0.5, 0.6) is 11.5 Å². The molecule has 0 aliphatic carbocycles. The number of carbonyl (C=O) groups is 1. The molecule has 0 aromatic heterocycles. The van der Waals surface area contributed by atoms with E-state index >= 15 is 0 Å². The maximum Gasteiger partial charge on any atom is 0.244 e. The van der Waals surface area contributed by atoms with Crippen molar-refractivity contribution in [2.75, 3.05) is 20.3 Å². The molecule has 136 valence electrons. The van der Waals surface area contributed by atoms with Crippen molar-refractivity contribution in [1.29, 1.82) is 0 Å². The number of benzene rings is 2. The molecule has 0 heterocycles. The smallest absolute Gasteiger partial charge is 0.244 e. The molecule has 0 atom stereocenters. The van der Waals surface area contributed by atoms with Gasteiger partial charge in [0.05, 0.1) is 13.7 Å². The quantitative estimate of drug-likeness (QED) is 0.286. The van der Waals surface area contributed by atoms with Crippen LogP contribution in [-0.2, 0) is 4.79 Å². The van der Waals surface area contributed by atoms with Crippen LogP contribution in [0.4, 0.5) is 0 Å². The molecule has 0 saturated heterocycles. The van der Waals surface area contributed by atoms with Crippen LogP contribution in [0, 0.1) is 0 Å². The fourth-order valence-electron chi connectivity index (χ4n) is 2.14. The molecule has 3 N–H and O–H groups in total. The third kappa shape index (κ3) is 5.87. The van der Waals surface area contributed by atoms with E-state index in [1.807, 2.05) is 29.7 Å². The van der Waals surface area contributed by atoms with Crippen LogP contribution in [0.15, 0.2) is 54.6 Å². The van der Waals surface area contributed by atoms with Crippen LogP contribution in [0.2, 0.25) is 0 Å². The molecule has 0 spiro atoms. The number of hydrogen-bond donors (Lipinski definition) is 3. The summed E-state index contributed by atoms with van der Waals surface area (Å²) in [7, 11) is 1.59. The van der Waals surface area contributed by atoms with Gasteiger partial charge in [-0.25, -0.2) is 0 Å². The maximum absolute atomic E-state index is 11.8. The van der Waals surface area contributed by atoms with Crippen molar-refractivity contribution in [3.05, 3.63) is 65.7 Å². The number of amides is 1. The molecule has 0 aliphatic rings. The first kappa shape index (κ1) is 19.4. The Morgan fingerprint density at radius 2 is 1.92 bits per heavy atom. The van der Waals surface area contributed by atoms with Gasteiger partial charge in [0, 0.05) is 17.2 Å². The van der Waals surface area contributed by atoms with Crippen LogP contribution in [0.25, 0.3) is 6.08 Å². The number of para-hydroxylation sites is 1. The highest BCUT2D eigenvalue weighted by Crippen LogP contribution is 2.18. The molecule has 2 rings (SSSR count). The van der Waals surface area contributed by atoms with Crippen LogP contribution >= 0.6 is 12.2 Å². The van der Waals surface area contributed by atoms with E-state index in [-0.39, 0.29) is 10.9 Å². The van der Waals surface area contributed by atoms with Crippen LogP contribution in [0.1, 0.15) is 11.1 Å². The molecule has 0 saturated carbocycles. The van der Waals surface area contributed by atoms with E-state index in [2.05, 4.69) is 5.32 Å². The second kappa shape index (κ2) is 10.2. The van der Waals surface area contributed by atoms with E-state index in [0.717, 1.165) is 5.56 Å². The van der Waals surface area contributed by atoms with Gasteiger partial charge in [-0.3, -0.25) is 15.5 Å². The van der Waals surface area contributed by atoms with Gasteiger partial charge in [-0.15, -0.1) is 0 Å². The topological polar surface area (TPSA) is 79.8 Å². The molecule has 0 aliphatic heterocycles. The van der Waals surface area contributed by atoms with Crippen molar-refractivity contribution < 1.29 is 19.5 Å². The Bertz CT molecular complexity index is 775. The monoisotopic (exact) mass is 372 g/mol. The zero-order valence-electron chi connectivity index (χ0n) is 14.3. The molecule has 0 fully saturated rings. The van der Waals surface area contributed by atoms with Crippen molar-refractivity contribution in [2.24, 2.45) is 0 Å². The number of thiocarbonyl (C=S) groups is 1. The first-order valence-electron chi connectivity index (χ1n) is 7.90. The average Bonchev–Trinajstić information content (AvgIpc) is 2.69. The SMILES string of the molecule is COc1ccccc1C=CC(=O)NCCOc1ccc(C(=S)NO)cc1. The van der Waals surface area contributed by atoms with E-state index in [9.17, 15) is 4.79 Å². The fraction of sp³-hybridized carbons (Fsp3) is 0.158. The Morgan fingerprint density at radius 1 is 1.19 bits per heavy atom. The molecular weight excluding hydrogens is 352 g/mol. The zero-order valence-corrected chi connectivity index (χ0v) is 15.1. The number of ether oxygens (including phenoxy) is 2. The highest BCUT2D eigenvalue weighted by molar-refractivity contribution is 7.80. The summed E-state index contributed by atoms with van der Waals surface area (Å²) in [4.78, 5) is 12.1. The number of hydroxylamine groups is 1. The number of rotatable bonds is 8. The third-order valence-corrected chi connectivity index (χ3v) is 3.77. The molecule has 6 nitrogen and oxygen atoms in total. The Morgan fingerprint density at radius 3 is 2.62 bits per heavy atom. The van der Waals surface area contributed by atoms with Gasteiger partial charge in [0.1, 0.15) is 23.1 Å². The summed E-state index contributed by atoms with van der Waals surface area (Å²) in [6.45, 7) is 0.698. The Balaban J connectivity index is 1.74. The predicted molar refractivity (Wildman–Crippen MR) is 104 cm³/mol. The minimum Gasteiger partial charge on any atom is -0.496 e. The van der Waals surface area contributed by atoms with Gasteiger partial charge < -0.3 is 14.8 Å². The lowest BCUT2D eigenvalue weighted by Gasteiger charge is -2.08. The van der Waals surface area contributed by atoms with Crippen LogP contribution in [0.3, 0.4) is 0 Å². The van der Waals surface area contributed by atoms with Crippen molar-refractivity contribution in [3.63, 3.8) is 0 Å². The van der Waals surface area contributed by atoms with Crippen LogP contribution in [-0.4, -0.2) is 36.4 Å². The Kier molecular flexibility index (Phi) is 7.60. The molecule has 1 amide bonds. The fourth-order valence-corrected chi connectivity index (χ4v) is 2.27. The second-order valence-electron chi connectivity index (χ2n) is 5.18. The third-order valence-electron chi connectivity index (χ3n) is 3.44. The first-order chi connectivity index (χ1) is 12.6. The molecule has 7 heteroatoms. The Hall–Kier alpha value is -2.90. The van der Waals surface area contributed by atoms with Gasteiger partial charge in [0.15, 0.2) is 0 Å². The standard InChI is InChI=1S/C19H20N2O4S/c1-24-17-5-3-2-4-14(17)8-11-18(22)20-12-13-25-16-9-6-15(7-10-16)19(26)21-23/h2-11,23H,12-13H2,1H3,(H,20,22)(H,21,26). The lowest BCUT2D eigenvalue weighted by Crippen LogP contribution is -2.26. The van der Waals surface area contributed by atoms with E-state index in [0.29, 0.717) is 30.2 Å². The molecule has 26 heavy (non-hydrogen) atoms. The predicted octanol–water partition coefficient (Wildman–Crippen LogP) is 2.56. The summed E-state index contributed by atoms with van der Waals surface area (Å²) in [6, 6.07) is 14.4. The van der Waals surface area contributed by atoms with Gasteiger partial charge in [0.2, 0.25) is 5.91 Å². The lowest BCUT2D eigenvalue weighted by molar-refractivity contribution is -0.116. The molecule has 2 aromatic rings. The molecule has 0 bridgehead atoms. The highest BCUT2D eigenvalue weighted by Gasteiger charge is 2.01. The maximum atomic E-state index is 11.8. The van der Waals surface area contributed by atoms with Crippen LogP contribution < -0.4 is 20.3 Å².